The SMILES string of the molecule is COc1ccc(C)cc1C(=O)N(CC(=O)O)C(C)C. The van der Waals surface area contributed by atoms with Gasteiger partial charge in [0.05, 0.1) is 12.7 Å². The minimum Gasteiger partial charge on any atom is -0.496 e. The van der Waals surface area contributed by atoms with Gasteiger partial charge in [0.25, 0.3) is 5.91 Å². The third kappa shape index (κ3) is 3.71. The van der Waals surface area contributed by atoms with E-state index in [9.17, 15) is 9.59 Å². The van der Waals surface area contributed by atoms with E-state index in [0.717, 1.165) is 5.56 Å². The molecule has 1 aromatic rings. The van der Waals surface area contributed by atoms with Gasteiger partial charge in [-0.1, -0.05) is 11.6 Å². The van der Waals surface area contributed by atoms with E-state index in [-0.39, 0.29) is 18.5 Å². The topological polar surface area (TPSA) is 66.8 Å². The van der Waals surface area contributed by atoms with E-state index in [4.69, 9.17) is 9.84 Å². The molecular weight excluding hydrogens is 246 g/mol. The Hall–Kier alpha value is -2.04. The molecule has 5 nitrogen and oxygen atoms in total. The van der Waals surface area contributed by atoms with Crippen LogP contribution in [0.5, 0.6) is 5.75 Å². The number of hydrogen-bond acceptors (Lipinski definition) is 3. The number of carboxylic acids is 1. The van der Waals surface area contributed by atoms with Crippen LogP contribution in [-0.4, -0.2) is 41.6 Å². The Kier molecular flexibility index (Phi) is 4.92. The van der Waals surface area contributed by atoms with Crippen LogP contribution in [0.1, 0.15) is 29.8 Å². The molecule has 0 aliphatic heterocycles. The van der Waals surface area contributed by atoms with Crippen LogP contribution in [0.3, 0.4) is 0 Å². The Morgan fingerprint density at radius 3 is 2.47 bits per heavy atom. The number of carbonyl (C=O) groups is 2. The lowest BCUT2D eigenvalue weighted by atomic mass is 10.1. The number of carbonyl (C=O) groups excluding carboxylic acids is 1. The van der Waals surface area contributed by atoms with Crippen molar-refractivity contribution < 1.29 is 19.4 Å². The predicted molar refractivity (Wildman–Crippen MR) is 71.5 cm³/mol. The number of nitrogens with zero attached hydrogens (tertiary/aromatic N) is 1. The van der Waals surface area contributed by atoms with E-state index in [1.165, 1.54) is 12.0 Å². The molecule has 0 saturated carbocycles. The first kappa shape index (κ1) is 15.0. The first-order chi connectivity index (χ1) is 8.86. The summed E-state index contributed by atoms with van der Waals surface area (Å²) in [7, 11) is 1.48. The summed E-state index contributed by atoms with van der Waals surface area (Å²) in [4.78, 5) is 24.6. The van der Waals surface area contributed by atoms with Crippen molar-refractivity contribution in [1.29, 1.82) is 0 Å². The van der Waals surface area contributed by atoms with Crippen LogP contribution in [0.25, 0.3) is 0 Å². The third-order valence-electron chi connectivity index (χ3n) is 2.78. The fourth-order valence-electron chi connectivity index (χ4n) is 1.78. The summed E-state index contributed by atoms with van der Waals surface area (Å²) in [6, 6.07) is 5.06. The van der Waals surface area contributed by atoms with Crippen LogP contribution in [0, 0.1) is 6.92 Å². The summed E-state index contributed by atoms with van der Waals surface area (Å²) in [6.45, 7) is 5.10. The molecule has 0 aliphatic rings. The second-order valence-electron chi connectivity index (χ2n) is 4.62. The van der Waals surface area contributed by atoms with Gasteiger partial charge in [0.15, 0.2) is 0 Å². The van der Waals surface area contributed by atoms with Crippen LogP contribution in [0.2, 0.25) is 0 Å². The van der Waals surface area contributed by atoms with Crippen LogP contribution in [0.15, 0.2) is 18.2 Å². The number of aliphatic carboxylic acids is 1. The van der Waals surface area contributed by atoms with Crippen molar-refractivity contribution in [2.45, 2.75) is 26.8 Å². The summed E-state index contributed by atoms with van der Waals surface area (Å²) >= 11 is 0. The van der Waals surface area contributed by atoms with Gasteiger partial charge in [0, 0.05) is 6.04 Å². The molecule has 0 atom stereocenters. The molecule has 0 aromatic heterocycles. The lowest BCUT2D eigenvalue weighted by Crippen LogP contribution is -2.40. The van der Waals surface area contributed by atoms with Gasteiger partial charge < -0.3 is 14.7 Å². The van der Waals surface area contributed by atoms with Crippen molar-refractivity contribution in [3.05, 3.63) is 29.3 Å². The molecule has 5 heteroatoms. The van der Waals surface area contributed by atoms with Crippen molar-refractivity contribution in [2.75, 3.05) is 13.7 Å². The molecule has 0 radical (unpaired) electrons. The molecule has 0 heterocycles. The van der Waals surface area contributed by atoms with E-state index in [1.807, 2.05) is 13.0 Å². The Morgan fingerprint density at radius 1 is 1.37 bits per heavy atom. The van der Waals surface area contributed by atoms with Gasteiger partial charge >= 0.3 is 5.97 Å². The van der Waals surface area contributed by atoms with Gasteiger partial charge in [-0.15, -0.1) is 0 Å². The number of aryl methyl sites for hydroxylation is 1. The minimum atomic E-state index is -1.03. The number of amides is 1. The van der Waals surface area contributed by atoms with Crippen molar-refractivity contribution in [2.24, 2.45) is 0 Å². The molecule has 1 rings (SSSR count). The number of rotatable bonds is 5. The number of ether oxygens (including phenoxy) is 1. The highest BCUT2D eigenvalue weighted by atomic mass is 16.5. The molecule has 104 valence electrons. The minimum absolute atomic E-state index is 0.200. The van der Waals surface area contributed by atoms with E-state index >= 15 is 0 Å². The van der Waals surface area contributed by atoms with Gasteiger partial charge in [-0.3, -0.25) is 9.59 Å². The van der Waals surface area contributed by atoms with Crippen molar-refractivity contribution >= 4 is 11.9 Å². The summed E-state index contributed by atoms with van der Waals surface area (Å²) < 4.78 is 5.16. The van der Waals surface area contributed by atoms with Gasteiger partial charge in [-0.05, 0) is 32.9 Å². The zero-order valence-corrected chi connectivity index (χ0v) is 11.6. The quantitative estimate of drug-likeness (QED) is 0.883. The number of hydrogen-bond donors (Lipinski definition) is 1. The smallest absolute Gasteiger partial charge is 0.323 e. The fourth-order valence-corrected chi connectivity index (χ4v) is 1.78. The average Bonchev–Trinajstić information content (AvgIpc) is 2.34. The normalized spacial score (nSPS) is 10.4. The first-order valence-electron chi connectivity index (χ1n) is 6.04. The molecule has 0 bridgehead atoms. The molecule has 0 spiro atoms. The molecular formula is C14H19NO4. The molecule has 0 unspecified atom stereocenters. The summed E-state index contributed by atoms with van der Waals surface area (Å²) in [5.41, 5.74) is 1.31. The highest BCUT2D eigenvalue weighted by molar-refractivity contribution is 5.98. The summed E-state index contributed by atoms with van der Waals surface area (Å²) in [5, 5.41) is 8.88. The molecule has 1 aromatic carbocycles. The molecule has 0 aliphatic carbocycles. The number of methoxy groups -OCH3 is 1. The first-order valence-corrected chi connectivity index (χ1v) is 6.04. The zero-order chi connectivity index (χ0) is 14.6. The van der Waals surface area contributed by atoms with E-state index in [0.29, 0.717) is 11.3 Å². The van der Waals surface area contributed by atoms with Crippen molar-refractivity contribution in [3.63, 3.8) is 0 Å². The Morgan fingerprint density at radius 2 is 2.00 bits per heavy atom. The maximum Gasteiger partial charge on any atom is 0.323 e. The molecule has 0 saturated heterocycles. The van der Waals surface area contributed by atoms with E-state index in [1.54, 1.807) is 26.0 Å². The second kappa shape index (κ2) is 6.22. The van der Waals surface area contributed by atoms with Crippen molar-refractivity contribution in [3.8, 4) is 5.75 Å². The van der Waals surface area contributed by atoms with Gasteiger partial charge in [-0.25, -0.2) is 0 Å². The van der Waals surface area contributed by atoms with Crippen LogP contribution in [0.4, 0.5) is 0 Å². The van der Waals surface area contributed by atoms with Crippen LogP contribution >= 0.6 is 0 Å². The highest BCUT2D eigenvalue weighted by Gasteiger charge is 2.24. The lowest BCUT2D eigenvalue weighted by molar-refractivity contribution is -0.138. The maximum atomic E-state index is 12.4. The van der Waals surface area contributed by atoms with E-state index < -0.39 is 5.97 Å². The maximum absolute atomic E-state index is 12.4. The van der Waals surface area contributed by atoms with Crippen LogP contribution in [-0.2, 0) is 4.79 Å². The Balaban J connectivity index is 3.15. The standard InChI is InChI=1S/C14H19NO4/c1-9(2)15(8-13(16)17)14(18)11-7-10(3)5-6-12(11)19-4/h5-7,9H,8H2,1-4H3,(H,16,17). The van der Waals surface area contributed by atoms with E-state index in [2.05, 4.69) is 0 Å². The predicted octanol–water partition coefficient (Wildman–Crippen LogP) is 1.94. The number of carboxylic acid groups (broad SMARTS) is 1. The number of benzene rings is 1. The monoisotopic (exact) mass is 265 g/mol. The highest BCUT2D eigenvalue weighted by Crippen LogP contribution is 2.22. The zero-order valence-electron chi connectivity index (χ0n) is 11.6. The largest absolute Gasteiger partial charge is 0.496 e. The Labute approximate surface area is 112 Å². The molecule has 1 N–H and O–H groups in total. The molecule has 1 amide bonds. The molecule has 0 fully saturated rings. The lowest BCUT2D eigenvalue weighted by Gasteiger charge is -2.25. The molecule has 19 heavy (non-hydrogen) atoms. The second-order valence-corrected chi connectivity index (χ2v) is 4.62. The van der Waals surface area contributed by atoms with Crippen LogP contribution < -0.4 is 4.74 Å². The summed E-state index contributed by atoms with van der Waals surface area (Å²) in [5.74, 6) is -0.918. The fraction of sp³-hybridized carbons (Fsp3) is 0.429. The Bertz CT molecular complexity index is 482. The van der Waals surface area contributed by atoms with Crippen molar-refractivity contribution in [1.82, 2.24) is 4.90 Å². The van der Waals surface area contributed by atoms with Gasteiger partial charge in [0.1, 0.15) is 12.3 Å². The van der Waals surface area contributed by atoms with Gasteiger partial charge in [-0.2, -0.15) is 0 Å². The average molecular weight is 265 g/mol. The third-order valence-corrected chi connectivity index (χ3v) is 2.78. The summed E-state index contributed by atoms with van der Waals surface area (Å²) in [6.07, 6.45) is 0. The van der Waals surface area contributed by atoms with Gasteiger partial charge in [0.2, 0.25) is 0 Å².